The molecule has 0 unspecified atom stereocenters. The second kappa shape index (κ2) is 3.18. The van der Waals surface area contributed by atoms with E-state index in [1.807, 2.05) is 25.1 Å². The van der Waals surface area contributed by atoms with Gasteiger partial charge in [0.1, 0.15) is 5.75 Å². The molecule has 0 saturated carbocycles. The molecule has 72 valence electrons. The summed E-state index contributed by atoms with van der Waals surface area (Å²) in [6, 6.07) is 7.67. The molecule has 0 radical (unpaired) electrons. The predicted octanol–water partition coefficient (Wildman–Crippen LogP) is 2.13. The summed E-state index contributed by atoms with van der Waals surface area (Å²) in [4.78, 5) is 4.37. The van der Waals surface area contributed by atoms with Crippen LogP contribution < -0.4 is 10.5 Å². The van der Waals surface area contributed by atoms with Gasteiger partial charge in [-0.2, -0.15) is 0 Å². The molecule has 0 spiro atoms. The van der Waals surface area contributed by atoms with E-state index in [4.69, 9.17) is 10.5 Å². The Hall–Kier alpha value is -1.77. The first-order chi connectivity index (χ1) is 6.70. The van der Waals surface area contributed by atoms with Gasteiger partial charge in [0.2, 0.25) is 0 Å². The highest BCUT2D eigenvalue weighted by Gasteiger charge is 2.02. The Morgan fingerprint density at radius 3 is 2.79 bits per heavy atom. The van der Waals surface area contributed by atoms with E-state index in [-0.39, 0.29) is 0 Å². The van der Waals surface area contributed by atoms with Crippen molar-refractivity contribution in [2.75, 3.05) is 12.8 Å². The predicted molar refractivity (Wildman–Crippen MR) is 57.4 cm³/mol. The SMILES string of the molecule is COc1cc(N)c2nc(C)ccc2c1. The summed E-state index contributed by atoms with van der Waals surface area (Å²) in [6.07, 6.45) is 0. The molecule has 2 N–H and O–H groups in total. The van der Waals surface area contributed by atoms with Crippen molar-refractivity contribution in [3.8, 4) is 5.75 Å². The van der Waals surface area contributed by atoms with Gasteiger partial charge in [-0.15, -0.1) is 0 Å². The Morgan fingerprint density at radius 1 is 1.29 bits per heavy atom. The van der Waals surface area contributed by atoms with Crippen LogP contribution in [0.1, 0.15) is 5.69 Å². The van der Waals surface area contributed by atoms with Crippen LogP contribution in [0, 0.1) is 6.92 Å². The van der Waals surface area contributed by atoms with Gasteiger partial charge >= 0.3 is 0 Å². The van der Waals surface area contributed by atoms with E-state index < -0.39 is 0 Å². The fourth-order valence-corrected chi connectivity index (χ4v) is 1.45. The lowest BCUT2D eigenvalue weighted by Crippen LogP contribution is -1.93. The van der Waals surface area contributed by atoms with Crippen molar-refractivity contribution in [1.82, 2.24) is 4.98 Å². The number of nitrogens with zero attached hydrogens (tertiary/aromatic N) is 1. The maximum absolute atomic E-state index is 5.86. The number of hydrogen-bond donors (Lipinski definition) is 1. The first kappa shape index (κ1) is 8.81. The zero-order valence-electron chi connectivity index (χ0n) is 8.24. The Morgan fingerprint density at radius 2 is 2.07 bits per heavy atom. The highest BCUT2D eigenvalue weighted by molar-refractivity contribution is 5.90. The lowest BCUT2D eigenvalue weighted by atomic mass is 10.1. The molecule has 0 bridgehead atoms. The van der Waals surface area contributed by atoms with Crippen molar-refractivity contribution in [3.05, 3.63) is 30.0 Å². The van der Waals surface area contributed by atoms with Crippen LogP contribution in [0.15, 0.2) is 24.3 Å². The van der Waals surface area contributed by atoms with Crippen LogP contribution in [0.3, 0.4) is 0 Å². The molecule has 0 atom stereocenters. The van der Waals surface area contributed by atoms with Crippen LogP contribution in [0.2, 0.25) is 0 Å². The fraction of sp³-hybridized carbons (Fsp3) is 0.182. The monoisotopic (exact) mass is 188 g/mol. The lowest BCUT2D eigenvalue weighted by Gasteiger charge is -2.05. The Labute approximate surface area is 82.5 Å². The summed E-state index contributed by atoms with van der Waals surface area (Å²) in [6.45, 7) is 1.95. The smallest absolute Gasteiger partial charge is 0.121 e. The number of benzene rings is 1. The normalized spacial score (nSPS) is 10.4. The summed E-state index contributed by atoms with van der Waals surface area (Å²) in [5.74, 6) is 0.764. The topological polar surface area (TPSA) is 48.1 Å². The van der Waals surface area contributed by atoms with E-state index in [1.54, 1.807) is 13.2 Å². The van der Waals surface area contributed by atoms with Crippen molar-refractivity contribution in [1.29, 1.82) is 0 Å². The van der Waals surface area contributed by atoms with Gasteiger partial charge in [0.05, 0.1) is 18.3 Å². The molecule has 1 aromatic carbocycles. The van der Waals surface area contributed by atoms with Gasteiger partial charge in [-0.05, 0) is 19.1 Å². The number of nitrogens with two attached hydrogens (primary N) is 1. The molecular weight excluding hydrogens is 176 g/mol. The van der Waals surface area contributed by atoms with Gasteiger partial charge in [-0.3, -0.25) is 4.98 Å². The number of aromatic nitrogens is 1. The number of anilines is 1. The Balaban J connectivity index is 2.76. The van der Waals surface area contributed by atoms with Crippen molar-refractivity contribution in [2.45, 2.75) is 6.92 Å². The van der Waals surface area contributed by atoms with E-state index in [2.05, 4.69) is 4.98 Å². The molecule has 3 heteroatoms. The third-order valence-corrected chi connectivity index (χ3v) is 2.17. The number of nitrogen functional groups attached to an aromatic ring is 1. The number of hydrogen-bond acceptors (Lipinski definition) is 3. The Kier molecular flexibility index (Phi) is 2.00. The van der Waals surface area contributed by atoms with Crippen LogP contribution in [-0.4, -0.2) is 12.1 Å². The number of rotatable bonds is 1. The van der Waals surface area contributed by atoms with Crippen molar-refractivity contribution in [2.24, 2.45) is 0 Å². The van der Waals surface area contributed by atoms with Crippen LogP contribution in [0.4, 0.5) is 5.69 Å². The van der Waals surface area contributed by atoms with Crippen molar-refractivity contribution < 1.29 is 4.74 Å². The largest absolute Gasteiger partial charge is 0.497 e. The third-order valence-electron chi connectivity index (χ3n) is 2.17. The number of ether oxygens (including phenoxy) is 1. The van der Waals surface area contributed by atoms with E-state index in [9.17, 15) is 0 Å². The molecule has 2 aromatic rings. The molecule has 3 nitrogen and oxygen atoms in total. The van der Waals surface area contributed by atoms with Gasteiger partial charge in [-0.1, -0.05) is 6.07 Å². The molecule has 14 heavy (non-hydrogen) atoms. The number of pyridine rings is 1. The summed E-state index contributed by atoms with van der Waals surface area (Å²) in [5.41, 5.74) is 8.32. The Bertz CT molecular complexity index is 480. The molecule has 0 fully saturated rings. The molecular formula is C11H12N2O. The highest BCUT2D eigenvalue weighted by atomic mass is 16.5. The second-order valence-electron chi connectivity index (χ2n) is 3.24. The van der Waals surface area contributed by atoms with E-state index in [1.165, 1.54) is 0 Å². The number of methoxy groups -OCH3 is 1. The third kappa shape index (κ3) is 1.37. The first-order valence-corrected chi connectivity index (χ1v) is 4.41. The zero-order chi connectivity index (χ0) is 10.1. The van der Waals surface area contributed by atoms with Crippen molar-refractivity contribution in [3.63, 3.8) is 0 Å². The zero-order valence-corrected chi connectivity index (χ0v) is 8.24. The minimum Gasteiger partial charge on any atom is -0.497 e. The molecule has 1 heterocycles. The average molecular weight is 188 g/mol. The van der Waals surface area contributed by atoms with Gasteiger partial charge in [0, 0.05) is 17.1 Å². The van der Waals surface area contributed by atoms with E-state index in [0.29, 0.717) is 5.69 Å². The highest BCUT2D eigenvalue weighted by Crippen LogP contribution is 2.25. The molecule has 0 aliphatic heterocycles. The van der Waals surface area contributed by atoms with E-state index >= 15 is 0 Å². The maximum atomic E-state index is 5.86. The minimum atomic E-state index is 0.656. The second-order valence-corrected chi connectivity index (χ2v) is 3.24. The van der Waals surface area contributed by atoms with Gasteiger partial charge in [0.25, 0.3) is 0 Å². The summed E-state index contributed by atoms with van der Waals surface area (Å²) >= 11 is 0. The summed E-state index contributed by atoms with van der Waals surface area (Å²) in [7, 11) is 1.63. The molecule has 2 rings (SSSR count). The molecule has 0 amide bonds. The number of aryl methyl sites for hydroxylation is 1. The average Bonchev–Trinajstić information content (AvgIpc) is 2.19. The van der Waals surface area contributed by atoms with E-state index in [0.717, 1.165) is 22.3 Å². The molecule has 1 aromatic heterocycles. The van der Waals surface area contributed by atoms with Crippen molar-refractivity contribution >= 4 is 16.6 Å². The quantitative estimate of drug-likeness (QED) is 0.697. The van der Waals surface area contributed by atoms with Crippen LogP contribution in [0.5, 0.6) is 5.75 Å². The molecule has 0 saturated heterocycles. The summed E-state index contributed by atoms with van der Waals surface area (Å²) in [5, 5.41) is 1.01. The summed E-state index contributed by atoms with van der Waals surface area (Å²) < 4.78 is 5.13. The fourth-order valence-electron chi connectivity index (χ4n) is 1.45. The van der Waals surface area contributed by atoms with Gasteiger partial charge in [0.15, 0.2) is 0 Å². The molecule has 0 aliphatic rings. The first-order valence-electron chi connectivity index (χ1n) is 4.41. The standard InChI is InChI=1S/C11H12N2O/c1-7-3-4-8-5-9(14-2)6-10(12)11(8)13-7/h3-6H,12H2,1-2H3. The van der Waals surface area contributed by atoms with Crippen LogP contribution in [0.25, 0.3) is 10.9 Å². The van der Waals surface area contributed by atoms with Gasteiger partial charge < -0.3 is 10.5 Å². The number of fused-ring (bicyclic) bond motifs is 1. The van der Waals surface area contributed by atoms with Crippen LogP contribution >= 0.6 is 0 Å². The van der Waals surface area contributed by atoms with Crippen LogP contribution in [-0.2, 0) is 0 Å². The maximum Gasteiger partial charge on any atom is 0.121 e. The lowest BCUT2D eigenvalue weighted by molar-refractivity contribution is 0.415. The van der Waals surface area contributed by atoms with Gasteiger partial charge in [-0.25, -0.2) is 0 Å². The molecule has 0 aliphatic carbocycles. The minimum absolute atomic E-state index is 0.656.